The van der Waals surface area contributed by atoms with Crippen LogP contribution >= 0.6 is 0 Å². The highest BCUT2D eigenvalue weighted by Crippen LogP contribution is 2.50. The minimum atomic E-state index is 0.116. The van der Waals surface area contributed by atoms with Gasteiger partial charge in [-0.15, -0.1) is 0 Å². The van der Waals surface area contributed by atoms with Gasteiger partial charge in [-0.1, -0.05) is 13.3 Å². The van der Waals surface area contributed by atoms with Gasteiger partial charge in [0.2, 0.25) is 0 Å². The molecule has 0 atom stereocenters. The van der Waals surface area contributed by atoms with Gasteiger partial charge in [-0.3, -0.25) is 0 Å². The van der Waals surface area contributed by atoms with Crippen molar-refractivity contribution in [1.29, 1.82) is 0 Å². The van der Waals surface area contributed by atoms with Crippen molar-refractivity contribution in [2.75, 3.05) is 0 Å². The number of carbonyl (C=O) groups is 1. The van der Waals surface area contributed by atoms with Crippen molar-refractivity contribution in [3.63, 3.8) is 0 Å². The number of carbonyl (C=O) groups excluding carboxylic acids is 1. The Hall–Kier alpha value is -0.330. The van der Waals surface area contributed by atoms with Crippen LogP contribution < -0.4 is 0 Å². The summed E-state index contributed by atoms with van der Waals surface area (Å²) in [5.41, 5.74) is 0.116. The van der Waals surface area contributed by atoms with E-state index in [9.17, 15) is 4.79 Å². The summed E-state index contributed by atoms with van der Waals surface area (Å²) >= 11 is 0. The summed E-state index contributed by atoms with van der Waals surface area (Å²) in [5.74, 6) is 1.60. The third-order valence-corrected chi connectivity index (χ3v) is 4.36. The fourth-order valence-electron chi connectivity index (χ4n) is 2.91. The van der Waals surface area contributed by atoms with Gasteiger partial charge in [-0.25, -0.2) is 0 Å². The number of hydrogen-bond acceptors (Lipinski definition) is 1. The Kier molecular flexibility index (Phi) is 2.44. The standard InChI is InChI=1S/C12H20O/c1-10-5-7-12(9-13,8-6-10)11-3-2-4-11/h9-11H,2-8H2,1H3. The molecule has 0 unspecified atom stereocenters. The molecule has 2 saturated carbocycles. The molecular weight excluding hydrogens is 160 g/mol. The van der Waals surface area contributed by atoms with Crippen molar-refractivity contribution in [1.82, 2.24) is 0 Å². The third-order valence-electron chi connectivity index (χ3n) is 4.36. The molecule has 1 nitrogen and oxygen atoms in total. The molecule has 2 aliphatic rings. The summed E-state index contributed by atoms with van der Waals surface area (Å²) in [7, 11) is 0. The third kappa shape index (κ3) is 1.53. The highest BCUT2D eigenvalue weighted by atomic mass is 16.1. The zero-order valence-corrected chi connectivity index (χ0v) is 8.59. The molecular formula is C12H20O. The Balaban J connectivity index is 2.02. The topological polar surface area (TPSA) is 17.1 Å². The number of aldehydes is 1. The minimum absolute atomic E-state index is 0.116. The first-order valence-corrected chi connectivity index (χ1v) is 5.73. The van der Waals surface area contributed by atoms with E-state index in [0.717, 1.165) is 11.8 Å². The number of rotatable bonds is 2. The summed E-state index contributed by atoms with van der Waals surface area (Å²) in [4.78, 5) is 11.2. The summed E-state index contributed by atoms with van der Waals surface area (Å²) in [6.45, 7) is 2.31. The molecule has 1 heteroatoms. The second kappa shape index (κ2) is 3.43. The summed E-state index contributed by atoms with van der Waals surface area (Å²) in [6.07, 6.45) is 10.2. The Morgan fingerprint density at radius 1 is 1.15 bits per heavy atom. The van der Waals surface area contributed by atoms with Gasteiger partial charge in [0.1, 0.15) is 6.29 Å². The van der Waals surface area contributed by atoms with Gasteiger partial charge in [0.25, 0.3) is 0 Å². The first kappa shape index (κ1) is 9.23. The normalized spacial score (nSPS) is 41.2. The van der Waals surface area contributed by atoms with E-state index in [2.05, 4.69) is 6.92 Å². The van der Waals surface area contributed by atoms with Crippen LogP contribution in [-0.4, -0.2) is 6.29 Å². The average molecular weight is 180 g/mol. The molecule has 2 rings (SSSR count). The van der Waals surface area contributed by atoms with E-state index in [0.29, 0.717) is 0 Å². The van der Waals surface area contributed by atoms with Gasteiger partial charge in [0.05, 0.1) is 0 Å². The van der Waals surface area contributed by atoms with Crippen LogP contribution in [0.4, 0.5) is 0 Å². The van der Waals surface area contributed by atoms with Crippen LogP contribution in [0.1, 0.15) is 51.9 Å². The first-order valence-electron chi connectivity index (χ1n) is 5.73. The van der Waals surface area contributed by atoms with Crippen LogP contribution in [0.2, 0.25) is 0 Å². The zero-order chi connectivity index (χ0) is 9.31. The van der Waals surface area contributed by atoms with E-state index in [-0.39, 0.29) is 5.41 Å². The second-order valence-electron chi connectivity index (χ2n) is 5.16. The SMILES string of the molecule is CC1CCC(C=O)(C2CCC2)CC1. The zero-order valence-electron chi connectivity index (χ0n) is 8.59. The molecule has 74 valence electrons. The predicted molar refractivity (Wildman–Crippen MR) is 53.5 cm³/mol. The largest absolute Gasteiger partial charge is 0.303 e. The fourth-order valence-corrected chi connectivity index (χ4v) is 2.91. The van der Waals surface area contributed by atoms with Crippen LogP contribution in [0.25, 0.3) is 0 Å². The first-order chi connectivity index (χ1) is 6.27. The van der Waals surface area contributed by atoms with E-state index >= 15 is 0 Å². The van der Waals surface area contributed by atoms with Gasteiger partial charge < -0.3 is 4.79 Å². The monoisotopic (exact) mass is 180 g/mol. The molecule has 0 N–H and O–H groups in total. The van der Waals surface area contributed by atoms with Gasteiger partial charge in [0, 0.05) is 5.41 Å². The Morgan fingerprint density at radius 3 is 2.15 bits per heavy atom. The predicted octanol–water partition coefficient (Wildman–Crippen LogP) is 3.18. The quantitative estimate of drug-likeness (QED) is 0.596. The Labute approximate surface area is 80.9 Å². The van der Waals surface area contributed by atoms with Crippen molar-refractivity contribution >= 4 is 6.29 Å². The molecule has 0 spiro atoms. The van der Waals surface area contributed by atoms with Crippen LogP contribution in [0.15, 0.2) is 0 Å². The van der Waals surface area contributed by atoms with Crippen molar-refractivity contribution in [2.24, 2.45) is 17.3 Å². The average Bonchev–Trinajstić information content (AvgIpc) is 2.06. The van der Waals surface area contributed by atoms with Crippen molar-refractivity contribution < 1.29 is 4.79 Å². The molecule has 0 aromatic rings. The molecule has 0 aliphatic heterocycles. The molecule has 0 amide bonds. The lowest BCUT2D eigenvalue weighted by Crippen LogP contribution is -2.39. The molecule has 0 aromatic carbocycles. The van der Waals surface area contributed by atoms with E-state index < -0.39 is 0 Å². The summed E-state index contributed by atoms with van der Waals surface area (Å²) in [5, 5.41) is 0. The lowest BCUT2D eigenvalue weighted by atomic mass is 9.58. The van der Waals surface area contributed by atoms with Gasteiger partial charge in [-0.05, 0) is 50.4 Å². The van der Waals surface area contributed by atoms with Crippen LogP contribution in [0.5, 0.6) is 0 Å². The number of hydrogen-bond donors (Lipinski definition) is 0. The lowest BCUT2D eigenvalue weighted by Gasteiger charge is -2.45. The van der Waals surface area contributed by atoms with Crippen molar-refractivity contribution in [3.05, 3.63) is 0 Å². The molecule has 0 saturated heterocycles. The fraction of sp³-hybridized carbons (Fsp3) is 0.917. The van der Waals surface area contributed by atoms with Gasteiger partial charge in [0.15, 0.2) is 0 Å². The second-order valence-corrected chi connectivity index (χ2v) is 5.16. The molecule has 2 aliphatic carbocycles. The van der Waals surface area contributed by atoms with E-state index in [1.807, 2.05) is 0 Å². The summed E-state index contributed by atoms with van der Waals surface area (Å²) < 4.78 is 0. The van der Waals surface area contributed by atoms with Gasteiger partial charge in [-0.2, -0.15) is 0 Å². The summed E-state index contributed by atoms with van der Waals surface area (Å²) in [6, 6.07) is 0. The molecule has 2 fully saturated rings. The van der Waals surface area contributed by atoms with Crippen LogP contribution in [-0.2, 0) is 4.79 Å². The van der Waals surface area contributed by atoms with Crippen LogP contribution in [0, 0.1) is 17.3 Å². The maximum atomic E-state index is 11.2. The van der Waals surface area contributed by atoms with Crippen LogP contribution in [0.3, 0.4) is 0 Å². The molecule has 13 heavy (non-hydrogen) atoms. The molecule has 0 heterocycles. The maximum absolute atomic E-state index is 11.2. The highest BCUT2D eigenvalue weighted by Gasteiger charge is 2.43. The Bertz CT molecular complexity index is 185. The smallest absolute Gasteiger partial charge is 0.126 e. The van der Waals surface area contributed by atoms with E-state index in [1.54, 1.807) is 0 Å². The van der Waals surface area contributed by atoms with E-state index in [4.69, 9.17) is 0 Å². The molecule has 0 radical (unpaired) electrons. The van der Waals surface area contributed by atoms with Gasteiger partial charge >= 0.3 is 0 Å². The Morgan fingerprint density at radius 2 is 1.77 bits per heavy atom. The molecule has 0 aromatic heterocycles. The molecule has 0 bridgehead atoms. The minimum Gasteiger partial charge on any atom is -0.303 e. The van der Waals surface area contributed by atoms with Crippen molar-refractivity contribution in [3.8, 4) is 0 Å². The van der Waals surface area contributed by atoms with Crippen molar-refractivity contribution in [2.45, 2.75) is 51.9 Å². The van der Waals surface area contributed by atoms with E-state index in [1.165, 1.54) is 51.2 Å². The maximum Gasteiger partial charge on any atom is 0.126 e. The lowest BCUT2D eigenvalue weighted by molar-refractivity contribution is -0.124. The highest BCUT2D eigenvalue weighted by molar-refractivity contribution is 5.60.